The molecule has 0 bridgehead atoms. The Hall–Kier alpha value is -1.97. The van der Waals surface area contributed by atoms with Gasteiger partial charge in [-0.3, -0.25) is 4.31 Å². The number of primary sulfonamides is 1. The van der Waals surface area contributed by atoms with Gasteiger partial charge in [0.25, 0.3) is 0 Å². The second-order valence-electron chi connectivity index (χ2n) is 5.54. The third kappa shape index (κ3) is 3.28. The van der Waals surface area contributed by atoms with Crippen molar-refractivity contribution in [2.24, 2.45) is 5.14 Å². The van der Waals surface area contributed by atoms with Gasteiger partial charge in [0.15, 0.2) is 0 Å². The Bertz CT molecular complexity index is 987. The van der Waals surface area contributed by atoms with Crippen LogP contribution in [0.15, 0.2) is 47.4 Å². The first kappa shape index (κ1) is 16.9. The fourth-order valence-corrected chi connectivity index (χ4v) is 4.86. The highest BCUT2D eigenvalue weighted by atomic mass is 32.2. The molecule has 0 aromatic heterocycles. The highest BCUT2D eigenvalue weighted by molar-refractivity contribution is 7.92. The second-order valence-corrected chi connectivity index (χ2v) is 9.00. The zero-order valence-electron chi connectivity index (χ0n) is 12.5. The van der Waals surface area contributed by atoms with Gasteiger partial charge in [-0.1, -0.05) is 12.1 Å². The molecule has 2 aromatic rings. The van der Waals surface area contributed by atoms with Gasteiger partial charge >= 0.3 is 0 Å². The van der Waals surface area contributed by atoms with Gasteiger partial charge in [0.1, 0.15) is 5.82 Å². The van der Waals surface area contributed by atoms with Crippen LogP contribution in [0.1, 0.15) is 11.1 Å². The quantitative estimate of drug-likeness (QED) is 0.879. The molecular formula is C15H15FN2O4S2. The lowest BCUT2D eigenvalue weighted by molar-refractivity contribution is 0.590. The van der Waals surface area contributed by atoms with E-state index in [9.17, 15) is 21.2 Å². The Morgan fingerprint density at radius 2 is 1.71 bits per heavy atom. The number of rotatable bonds is 4. The number of sulfonamides is 2. The monoisotopic (exact) mass is 370 g/mol. The van der Waals surface area contributed by atoms with E-state index >= 15 is 0 Å². The van der Waals surface area contributed by atoms with E-state index in [1.807, 2.05) is 0 Å². The van der Waals surface area contributed by atoms with Crippen molar-refractivity contribution in [2.45, 2.75) is 17.1 Å². The smallest absolute Gasteiger partial charge is 0.239 e. The molecular weight excluding hydrogens is 355 g/mol. The molecule has 0 fully saturated rings. The molecule has 128 valence electrons. The predicted molar refractivity (Wildman–Crippen MR) is 87.9 cm³/mol. The molecule has 0 spiro atoms. The first-order valence-electron chi connectivity index (χ1n) is 7.07. The van der Waals surface area contributed by atoms with Crippen molar-refractivity contribution >= 4 is 25.7 Å². The number of nitrogens with zero attached hydrogens (tertiary/aromatic N) is 1. The maximum Gasteiger partial charge on any atom is 0.239 e. The number of hydrogen-bond donors (Lipinski definition) is 1. The highest BCUT2D eigenvalue weighted by Crippen LogP contribution is 2.33. The normalized spacial score (nSPS) is 14.7. The van der Waals surface area contributed by atoms with Crippen molar-refractivity contribution < 1.29 is 21.2 Å². The Labute approximate surface area is 139 Å². The number of anilines is 1. The van der Waals surface area contributed by atoms with E-state index in [1.165, 1.54) is 46.8 Å². The van der Waals surface area contributed by atoms with Gasteiger partial charge in [-0.05, 0) is 47.9 Å². The molecule has 0 radical (unpaired) electrons. The van der Waals surface area contributed by atoms with Crippen LogP contribution in [0.5, 0.6) is 0 Å². The molecule has 1 heterocycles. The summed E-state index contributed by atoms with van der Waals surface area (Å²) in [5.41, 5.74) is 1.54. The van der Waals surface area contributed by atoms with Gasteiger partial charge < -0.3 is 0 Å². The summed E-state index contributed by atoms with van der Waals surface area (Å²) in [5.74, 6) is -0.692. The average molecular weight is 370 g/mol. The van der Waals surface area contributed by atoms with Crippen LogP contribution in [0.4, 0.5) is 10.1 Å². The Kier molecular flexibility index (Phi) is 4.10. The van der Waals surface area contributed by atoms with Crippen LogP contribution in [-0.4, -0.2) is 23.4 Å². The summed E-state index contributed by atoms with van der Waals surface area (Å²) < 4.78 is 62.2. The lowest BCUT2D eigenvalue weighted by atomic mass is 10.2. The third-order valence-electron chi connectivity index (χ3n) is 3.83. The highest BCUT2D eigenvalue weighted by Gasteiger charge is 2.30. The van der Waals surface area contributed by atoms with E-state index < -0.39 is 25.9 Å². The zero-order chi connectivity index (χ0) is 17.5. The van der Waals surface area contributed by atoms with E-state index in [0.29, 0.717) is 23.2 Å². The Balaban J connectivity index is 1.91. The molecule has 0 unspecified atom stereocenters. The molecule has 6 nitrogen and oxygen atoms in total. The second kappa shape index (κ2) is 5.83. The summed E-state index contributed by atoms with van der Waals surface area (Å²) in [6.07, 6.45) is 0.404. The van der Waals surface area contributed by atoms with Crippen molar-refractivity contribution in [1.29, 1.82) is 0 Å². The maximum atomic E-state index is 12.9. The summed E-state index contributed by atoms with van der Waals surface area (Å²) in [6, 6.07) is 9.41. The van der Waals surface area contributed by atoms with Crippen LogP contribution in [0.2, 0.25) is 0 Å². The van der Waals surface area contributed by atoms with E-state index in [0.717, 1.165) is 0 Å². The number of benzene rings is 2. The molecule has 9 heteroatoms. The van der Waals surface area contributed by atoms with Gasteiger partial charge in [-0.15, -0.1) is 0 Å². The van der Waals surface area contributed by atoms with Gasteiger partial charge in [0, 0.05) is 6.54 Å². The van der Waals surface area contributed by atoms with E-state index in [4.69, 9.17) is 5.14 Å². The molecule has 2 aromatic carbocycles. The number of nitrogens with two attached hydrogens (primary N) is 1. The predicted octanol–water partition coefficient (Wildman–Crippen LogP) is 1.37. The van der Waals surface area contributed by atoms with Crippen molar-refractivity contribution in [3.8, 4) is 0 Å². The molecule has 0 saturated carbocycles. The van der Waals surface area contributed by atoms with Gasteiger partial charge in [-0.2, -0.15) is 0 Å². The molecule has 1 aliphatic heterocycles. The standard InChI is InChI=1S/C15H15FN2O4S2/c16-13-3-1-11(2-4-13)10-23(19,20)18-8-7-12-9-14(24(17,21)22)5-6-15(12)18/h1-6,9H,7-8,10H2,(H2,17,21,22). The Morgan fingerprint density at radius 3 is 2.33 bits per heavy atom. The van der Waals surface area contributed by atoms with Gasteiger partial charge in [0.2, 0.25) is 20.0 Å². The first-order valence-corrected chi connectivity index (χ1v) is 10.2. The summed E-state index contributed by atoms with van der Waals surface area (Å²) >= 11 is 0. The van der Waals surface area contributed by atoms with Crippen LogP contribution >= 0.6 is 0 Å². The number of fused-ring (bicyclic) bond motifs is 1. The fraction of sp³-hybridized carbons (Fsp3) is 0.200. The molecule has 0 amide bonds. The summed E-state index contributed by atoms with van der Waals surface area (Å²) in [6.45, 7) is 0.229. The van der Waals surface area contributed by atoms with Crippen molar-refractivity contribution in [1.82, 2.24) is 0 Å². The molecule has 1 aliphatic rings. The minimum absolute atomic E-state index is 0.0426. The number of halogens is 1. The van der Waals surface area contributed by atoms with Crippen molar-refractivity contribution in [3.05, 3.63) is 59.4 Å². The average Bonchev–Trinajstić information content (AvgIpc) is 2.92. The lowest BCUT2D eigenvalue weighted by Crippen LogP contribution is -2.30. The lowest BCUT2D eigenvalue weighted by Gasteiger charge is -2.19. The van der Waals surface area contributed by atoms with E-state index in [1.54, 1.807) is 0 Å². The molecule has 3 rings (SSSR count). The SMILES string of the molecule is NS(=O)(=O)c1ccc2c(c1)CCN2S(=O)(=O)Cc1ccc(F)cc1. The molecule has 0 aliphatic carbocycles. The van der Waals surface area contributed by atoms with E-state index in [-0.39, 0.29) is 17.2 Å². The van der Waals surface area contributed by atoms with Crippen molar-refractivity contribution in [2.75, 3.05) is 10.8 Å². The van der Waals surface area contributed by atoms with E-state index in [2.05, 4.69) is 0 Å². The topological polar surface area (TPSA) is 97.5 Å². The molecule has 24 heavy (non-hydrogen) atoms. The summed E-state index contributed by atoms with van der Waals surface area (Å²) in [4.78, 5) is -0.0426. The van der Waals surface area contributed by atoms with Crippen LogP contribution in [0.3, 0.4) is 0 Å². The first-order chi connectivity index (χ1) is 11.2. The van der Waals surface area contributed by atoms with Crippen LogP contribution in [0.25, 0.3) is 0 Å². The van der Waals surface area contributed by atoms with Gasteiger partial charge in [0.05, 0.1) is 16.3 Å². The maximum absolute atomic E-state index is 12.9. The van der Waals surface area contributed by atoms with Crippen LogP contribution in [0, 0.1) is 5.82 Å². The van der Waals surface area contributed by atoms with Crippen LogP contribution < -0.4 is 9.44 Å². The third-order valence-corrected chi connectivity index (χ3v) is 6.49. The minimum Gasteiger partial charge on any atom is -0.269 e. The zero-order valence-corrected chi connectivity index (χ0v) is 14.1. The van der Waals surface area contributed by atoms with Crippen molar-refractivity contribution in [3.63, 3.8) is 0 Å². The summed E-state index contributed by atoms with van der Waals surface area (Å²) in [5, 5.41) is 5.10. The number of hydrogen-bond acceptors (Lipinski definition) is 4. The van der Waals surface area contributed by atoms with Gasteiger partial charge in [-0.25, -0.2) is 26.4 Å². The molecule has 0 atom stereocenters. The summed E-state index contributed by atoms with van der Waals surface area (Å²) in [7, 11) is -7.49. The Morgan fingerprint density at radius 1 is 1.04 bits per heavy atom. The molecule has 0 saturated heterocycles. The molecule has 2 N–H and O–H groups in total. The van der Waals surface area contributed by atoms with Crippen LogP contribution in [-0.2, 0) is 32.2 Å². The largest absolute Gasteiger partial charge is 0.269 e. The fourth-order valence-electron chi connectivity index (χ4n) is 2.68. The minimum atomic E-state index is -3.83.